The molecule has 0 bridgehead atoms. The zero-order valence-corrected chi connectivity index (χ0v) is 15.6. The highest BCUT2D eigenvalue weighted by Gasteiger charge is 2.15. The molecular weight excluding hydrogens is 326 g/mol. The van der Waals surface area contributed by atoms with Crippen molar-refractivity contribution in [2.45, 2.75) is 26.8 Å². The van der Waals surface area contributed by atoms with E-state index < -0.39 is 0 Å². The molecule has 0 saturated carbocycles. The van der Waals surface area contributed by atoms with Crippen LogP contribution in [0.1, 0.15) is 25.8 Å². The number of benzene rings is 2. The van der Waals surface area contributed by atoms with Crippen LogP contribution in [-0.4, -0.2) is 16.2 Å². The van der Waals surface area contributed by atoms with Crippen molar-refractivity contribution in [3.05, 3.63) is 52.4 Å². The van der Waals surface area contributed by atoms with E-state index in [1.807, 2.05) is 34.9 Å². The summed E-state index contributed by atoms with van der Waals surface area (Å²) in [4.78, 5) is 12.6. The maximum Gasteiger partial charge on any atom is 0.328 e. The van der Waals surface area contributed by atoms with E-state index in [9.17, 15) is 10.1 Å². The van der Waals surface area contributed by atoms with Gasteiger partial charge in [0.25, 0.3) is 0 Å². The SMILES string of the molecule is COc1cccc(-c2ccc3c(c2)n(C)c(=O)n3CCC(C)C)c1C#N. The molecule has 0 aliphatic rings. The van der Waals surface area contributed by atoms with Crippen LogP contribution in [0.2, 0.25) is 0 Å². The summed E-state index contributed by atoms with van der Waals surface area (Å²) in [5.74, 6) is 1.08. The van der Waals surface area contributed by atoms with Crippen LogP contribution in [0.15, 0.2) is 41.2 Å². The predicted octanol–water partition coefficient (Wildman–Crippen LogP) is 3.93. The molecule has 0 amide bonds. The summed E-state index contributed by atoms with van der Waals surface area (Å²) in [5, 5.41) is 9.54. The van der Waals surface area contributed by atoms with Crippen molar-refractivity contribution in [1.29, 1.82) is 5.26 Å². The van der Waals surface area contributed by atoms with Gasteiger partial charge in [0.1, 0.15) is 17.4 Å². The Hall–Kier alpha value is -3.00. The second-order valence-electron chi connectivity index (χ2n) is 6.87. The number of ether oxygens (including phenoxy) is 1. The Morgan fingerprint density at radius 1 is 1.19 bits per heavy atom. The van der Waals surface area contributed by atoms with Crippen LogP contribution in [-0.2, 0) is 13.6 Å². The number of fused-ring (bicyclic) bond motifs is 1. The zero-order valence-electron chi connectivity index (χ0n) is 15.6. The van der Waals surface area contributed by atoms with Gasteiger partial charge in [-0.25, -0.2) is 4.79 Å². The van der Waals surface area contributed by atoms with Crippen molar-refractivity contribution in [3.8, 4) is 22.9 Å². The van der Waals surface area contributed by atoms with Crippen molar-refractivity contribution in [2.24, 2.45) is 13.0 Å². The summed E-state index contributed by atoms with van der Waals surface area (Å²) in [6.45, 7) is 5.01. The molecule has 3 aromatic rings. The molecule has 0 saturated heterocycles. The van der Waals surface area contributed by atoms with Crippen LogP contribution in [0.4, 0.5) is 0 Å². The van der Waals surface area contributed by atoms with E-state index in [4.69, 9.17) is 4.74 Å². The third-order valence-corrected chi connectivity index (χ3v) is 4.74. The number of rotatable bonds is 5. The fraction of sp³-hybridized carbons (Fsp3) is 0.333. The number of nitrogens with zero attached hydrogens (tertiary/aromatic N) is 3. The number of imidazole rings is 1. The molecule has 1 aromatic heterocycles. The van der Waals surface area contributed by atoms with Crippen molar-refractivity contribution in [3.63, 3.8) is 0 Å². The van der Waals surface area contributed by atoms with Crippen molar-refractivity contribution >= 4 is 11.0 Å². The molecule has 134 valence electrons. The van der Waals surface area contributed by atoms with Crippen molar-refractivity contribution in [1.82, 2.24) is 9.13 Å². The van der Waals surface area contributed by atoms with Crippen LogP contribution in [0.5, 0.6) is 5.75 Å². The highest BCUT2D eigenvalue weighted by molar-refractivity contribution is 5.85. The van der Waals surface area contributed by atoms with Crippen molar-refractivity contribution < 1.29 is 4.74 Å². The number of hydrogen-bond acceptors (Lipinski definition) is 3. The topological polar surface area (TPSA) is 59.9 Å². The van der Waals surface area contributed by atoms with Gasteiger partial charge in [-0.1, -0.05) is 32.0 Å². The Labute approximate surface area is 153 Å². The summed E-state index contributed by atoms with van der Waals surface area (Å²) >= 11 is 0. The summed E-state index contributed by atoms with van der Waals surface area (Å²) in [6, 6.07) is 13.7. The standard InChI is InChI=1S/C21H23N3O2/c1-14(2)10-11-24-18-9-8-15(12-19(18)23(3)21(24)25)16-6-5-7-20(26-4)17(16)13-22/h5-9,12,14H,10-11H2,1-4H3. The van der Waals surface area contributed by atoms with E-state index in [0.29, 0.717) is 23.8 Å². The monoisotopic (exact) mass is 349 g/mol. The van der Waals surface area contributed by atoms with Crippen LogP contribution < -0.4 is 10.4 Å². The smallest absolute Gasteiger partial charge is 0.328 e. The van der Waals surface area contributed by atoms with E-state index in [2.05, 4.69) is 19.9 Å². The molecule has 0 atom stereocenters. The van der Waals surface area contributed by atoms with Crippen LogP contribution in [0, 0.1) is 17.2 Å². The molecule has 5 nitrogen and oxygen atoms in total. The maximum absolute atomic E-state index is 12.6. The van der Waals surface area contributed by atoms with Gasteiger partial charge in [-0.15, -0.1) is 0 Å². The summed E-state index contributed by atoms with van der Waals surface area (Å²) in [6.07, 6.45) is 0.954. The second-order valence-corrected chi connectivity index (χ2v) is 6.87. The second kappa shape index (κ2) is 7.09. The van der Waals surface area contributed by atoms with Gasteiger partial charge in [-0.05, 0) is 36.1 Å². The summed E-state index contributed by atoms with van der Waals surface area (Å²) in [7, 11) is 3.35. The minimum atomic E-state index is -0.0102. The fourth-order valence-electron chi connectivity index (χ4n) is 3.24. The van der Waals surface area contributed by atoms with E-state index in [1.165, 1.54) is 0 Å². The molecular formula is C21H23N3O2. The van der Waals surface area contributed by atoms with Crippen LogP contribution in [0.25, 0.3) is 22.2 Å². The summed E-state index contributed by atoms with van der Waals surface area (Å²) < 4.78 is 8.81. The lowest BCUT2D eigenvalue weighted by Crippen LogP contribution is -2.22. The van der Waals surface area contributed by atoms with Gasteiger partial charge >= 0.3 is 5.69 Å². The molecule has 3 rings (SSSR count). The van der Waals surface area contributed by atoms with Crippen LogP contribution >= 0.6 is 0 Å². The quantitative estimate of drug-likeness (QED) is 0.701. The van der Waals surface area contributed by atoms with Gasteiger partial charge in [0, 0.05) is 19.2 Å². The number of aromatic nitrogens is 2. The molecule has 0 fully saturated rings. The average molecular weight is 349 g/mol. The molecule has 2 aromatic carbocycles. The van der Waals surface area contributed by atoms with Crippen molar-refractivity contribution in [2.75, 3.05) is 7.11 Å². The Morgan fingerprint density at radius 3 is 2.62 bits per heavy atom. The largest absolute Gasteiger partial charge is 0.495 e. The minimum absolute atomic E-state index is 0.0102. The van der Waals surface area contributed by atoms with E-state index >= 15 is 0 Å². The Morgan fingerprint density at radius 2 is 1.96 bits per heavy atom. The van der Waals surface area contributed by atoms with E-state index in [-0.39, 0.29) is 5.69 Å². The molecule has 0 aliphatic heterocycles. The van der Waals surface area contributed by atoms with Gasteiger partial charge in [0.2, 0.25) is 0 Å². The molecule has 0 aliphatic carbocycles. The van der Waals surface area contributed by atoms with E-state index in [1.54, 1.807) is 24.8 Å². The maximum atomic E-state index is 12.6. The Bertz CT molecular complexity index is 1050. The van der Waals surface area contributed by atoms with Gasteiger partial charge in [-0.2, -0.15) is 5.26 Å². The number of nitriles is 1. The first-order valence-corrected chi connectivity index (χ1v) is 8.74. The predicted molar refractivity (Wildman–Crippen MR) is 103 cm³/mol. The molecule has 0 unspecified atom stereocenters. The number of methoxy groups -OCH3 is 1. The Balaban J connectivity index is 2.16. The lowest BCUT2D eigenvalue weighted by molar-refractivity contribution is 0.413. The number of hydrogen-bond donors (Lipinski definition) is 0. The molecule has 5 heteroatoms. The molecule has 26 heavy (non-hydrogen) atoms. The highest BCUT2D eigenvalue weighted by Crippen LogP contribution is 2.31. The average Bonchev–Trinajstić information content (AvgIpc) is 2.89. The molecule has 0 radical (unpaired) electrons. The molecule has 0 spiro atoms. The first-order valence-electron chi connectivity index (χ1n) is 8.74. The number of aryl methyl sites for hydroxylation is 2. The normalized spacial score (nSPS) is 11.1. The van der Waals surface area contributed by atoms with Gasteiger partial charge in [-0.3, -0.25) is 9.13 Å². The van der Waals surface area contributed by atoms with Gasteiger partial charge < -0.3 is 4.74 Å². The highest BCUT2D eigenvalue weighted by atomic mass is 16.5. The minimum Gasteiger partial charge on any atom is -0.495 e. The van der Waals surface area contributed by atoms with Crippen LogP contribution in [0.3, 0.4) is 0 Å². The summed E-state index contributed by atoms with van der Waals surface area (Å²) in [5.41, 5.74) is 3.97. The molecule has 1 heterocycles. The van der Waals surface area contributed by atoms with E-state index in [0.717, 1.165) is 28.6 Å². The molecule has 0 N–H and O–H groups in total. The van der Waals surface area contributed by atoms with Gasteiger partial charge in [0.15, 0.2) is 0 Å². The fourth-order valence-corrected chi connectivity index (χ4v) is 3.24. The third kappa shape index (κ3) is 2.99. The lowest BCUT2D eigenvalue weighted by Gasteiger charge is -2.09. The Kier molecular flexibility index (Phi) is 4.85. The first kappa shape index (κ1) is 17.8. The zero-order chi connectivity index (χ0) is 18.8. The first-order chi connectivity index (χ1) is 12.5. The van der Waals surface area contributed by atoms with Gasteiger partial charge in [0.05, 0.1) is 18.1 Å². The lowest BCUT2D eigenvalue weighted by atomic mass is 9.99. The third-order valence-electron chi connectivity index (χ3n) is 4.74.